The molecule has 6 nitrogen and oxygen atoms in total. The van der Waals surface area contributed by atoms with Crippen molar-refractivity contribution < 1.29 is 14.1 Å². The molecule has 0 saturated carbocycles. The number of methoxy groups -OCH3 is 1. The van der Waals surface area contributed by atoms with Crippen LogP contribution >= 0.6 is 0 Å². The fourth-order valence-corrected chi connectivity index (χ4v) is 2.40. The summed E-state index contributed by atoms with van der Waals surface area (Å²) in [6.45, 7) is 3.82. The molecule has 0 spiro atoms. The van der Waals surface area contributed by atoms with Gasteiger partial charge in [-0.3, -0.25) is 4.79 Å². The van der Waals surface area contributed by atoms with Gasteiger partial charge in [-0.05, 0) is 50.2 Å². The Hall–Kier alpha value is -3.15. The maximum Gasteiger partial charge on any atom is 0.259 e. The van der Waals surface area contributed by atoms with E-state index < -0.39 is 0 Å². The van der Waals surface area contributed by atoms with Crippen LogP contribution in [0, 0.1) is 0 Å². The van der Waals surface area contributed by atoms with Gasteiger partial charge in [0.25, 0.3) is 11.8 Å². The van der Waals surface area contributed by atoms with Crippen molar-refractivity contribution in [3.8, 4) is 28.6 Å². The Balaban J connectivity index is 1.93. The highest BCUT2D eigenvalue weighted by Crippen LogP contribution is 2.26. The monoisotopic (exact) mass is 337 g/mol. The normalized spacial score (nSPS) is 10.7. The second kappa shape index (κ2) is 7.17. The summed E-state index contributed by atoms with van der Waals surface area (Å²) in [6, 6.07) is 14.6. The molecule has 3 aromatic rings. The first-order valence-corrected chi connectivity index (χ1v) is 7.97. The number of nitrogens with zero attached hydrogens (tertiary/aromatic N) is 2. The van der Waals surface area contributed by atoms with E-state index in [-0.39, 0.29) is 11.9 Å². The van der Waals surface area contributed by atoms with Gasteiger partial charge >= 0.3 is 0 Å². The average molecular weight is 337 g/mol. The Morgan fingerprint density at radius 3 is 2.52 bits per heavy atom. The highest BCUT2D eigenvalue weighted by atomic mass is 16.5. The Bertz CT molecular complexity index is 870. The highest BCUT2D eigenvalue weighted by molar-refractivity contribution is 6.00. The predicted octanol–water partition coefficient (Wildman–Crippen LogP) is 3.55. The van der Waals surface area contributed by atoms with Crippen LogP contribution in [-0.2, 0) is 0 Å². The molecule has 0 bridgehead atoms. The van der Waals surface area contributed by atoms with E-state index in [4.69, 9.17) is 9.26 Å². The molecule has 1 aromatic heterocycles. The van der Waals surface area contributed by atoms with E-state index in [9.17, 15) is 4.79 Å². The van der Waals surface area contributed by atoms with E-state index in [1.807, 2.05) is 44.2 Å². The van der Waals surface area contributed by atoms with Crippen LogP contribution in [0.4, 0.5) is 0 Å². The Morgan fingerprint density at radius 1 is 1.12 bits per heavy atom. The van der Waals surface area contributed by atoms with Crippen LogP contribution in [0.5, 0.6) is 5.75 Å². The standard InChI is InChI=1S/C19H19N3O3/c1-12(2)20-18(23)15-6-4-5-7-16(15)19-21-17(22-25-19)13-8-10-14(24-3)11-9-13/h4-12H,1-3H3,(H,20,23). The Morgan fingerprint density at radius 2 is 1.84 bits per heavy atom. The zero-order valence-electron chi connectivity index (χ0n) is 14.3. The molecule has 1 heterocycles. The van der Waals surface area contributed by atoms with Crippen LogP contribution in [0.2, 0.25) is 0 Å². The van der Waals surface area contributed by atoms with Gasteiger partial charge in [0.2, 0.25) is 5.82 Å². The van der Waals surface area contributed by atoms with E-state index in [0.717, 1.165) is 11.3 Å². The third kappa shape index (κ3) is 3.68. The number of carbonyl (C=O) groups excluding carboxylic acids is 1. The van der Waals surface area contributed by atoms with E-state index >= 15 is 0 Å². The van der Waals surface area contributed by atoms with Crippen molar-refractivity contribution in [2.45, 2.75) is 19.9 Å². The van der Waals surface area contributed by atoms with Crippen molar-refractivity contribution in [1.82, 2.24) is 15.5 Å². The van der Waals surface area contributed by atoms with Gasteiger partial charge in [0.15, 0.2) is 0 Å². The summed E-state index contributed by atoms with van der Waals surface area (Å²) >= 11 is 0. The molecule has 0 aliphatic carbocycles. The molecule has 0 saturated heterocycles. The van der Waals surface area contributed by atoms with Gasteiger partial charge in [-0.15, -0.1) is 0 Å². The first-order valence-electron chi connectivity index (χ1n) is 7.97. The molecule has 6 heteroatoms. The number of rotatable bonds is 5. The lowest BCUT2D eigenvalue weighted by Crippen LogP contribution is -2.30. The van der Waals surface area contributed by atoms with Crippen molar-refractivity contribution in [3.63, 3.8) is 0 Å². The number of carbonyl (C=O) groups is 1. The molecule has 0 aliphatic rings. The van der Waals surface area contributed by atoms with Crippen LogP contribution < -0.4 is 10.1 Å². The summed E-state index contributed by atoms with van der Waals surface area (Å²) in [5.74, 6) is 1.34. The molecule has 1 amide bonds. The largest absolute Gasteiger partial charge is 0.497 e. The molecule has 0 fully saturated rings. The van der Waals surface area contributed by atoms with Gasteiger partial charge < -0.3 is 14.6 Å². The van der Waals surface area contributed by atoms with Crippen LogP contribution in [-0.4, -0.2) is 29.2 Å². The molecule has 0 atom stereocenters. The molecule has 0 radical (unpaired) electrons. The summed E-state index contributed by atoms with van der Waals surface area (Å²) in [7, 11) is 1.61. The molecule has 128 valence electrons. The second-order valence-corrected chi connectivity index (χ2v) is 5.83. The molecule has 2 aromatic carbocycles. The van der Waals surface area contributed by atoms with E-state index in [2.05, 4.69) is 15.5 Å². The van der Waals surface area contributed by atoms with E-state index in [1.54, 1.807) is 25.3 Å². The minimum Gasteiger partial charge on any atom is -0.497 e. The molecular weight excluding hydrogens is 318 g/mol. The maximum absolute atomic E-state index is 12.4. The van der Waals surface area contributed by atoms with Crippen molar-refractivity contribution in [1.29, 1.82) is 0 Å². The van der Waals surface area contributed by atoms with Gasteiger partial charge in [0, 0.05) is 11.6 Å². The number of amides is 1. The SMILES string of the molecule is COc1ccc(-c2noc(-c3ccccc3C(=O)NC(C)C)n2)cc1. The van der Waals surface area contributed by atoms with Crippen LogP contribution in [0.1, 0.15) is 24.2 Å². The Labute approximate surface area is 145 Å². The lowest BCUT2D eigenvalue weighted by Gasteiger charge is -2.10. The third-order valence-electron chi connectivity index (χ3n) is 3.60. The maximum atomic E-state index is 12.4. The Kier molecular flexibility index (Phi) is 4.79. The van der Waals surface area contributed by atoms with Gasteiger partial charge in [-0.25, -0.2) is 0 Å². The summed E-state index contributed by atoms with van der Waals surface area (Å²) in [5.41, 5.74) is 1.91. The van der Waals surface area contributed by atoms with Crippen LogP contribution in [0.25, 0.3) is 22.8 Å². The molecule has 3 rings (SSSR count). The first-order chi connectivity index (χ1) is 12.1. The van der Waals surface area contributed by atoms with Crippen molar-refractivity contribution >= 4 is 5.91 Å². The van der Waals surface area contributed by atoms with Gasteiger partial charge in [0.1, 0.15) is 5.75 Å². The fourth-order valence-electron chi connectivity index (χ4n) is 2.40. The second-order valence-electron chi connectivity index (χ2n) is 5.83. The minimum atomic E-state index is -0.171. The lowest BCUT2D eigenvalue weighted by molar-refractivity contribution is 0.0943. The number of nitrogens with one attached hydrogen (secondary N) is 1. The summed E-state index contributed by atoms with van der Waals surface area (Å²) in [6.07, 6.45) is 0. The summed E-state index contributed by atoms with van der Waals surface area (Å²) in [4.78, 5) is 16.8. The van der Waals surface area contributed by atoms with Gasteiger partial charge in [-0.2, -0.15) is 4.98 Å². The number of hydrogen-bond acceptors (Lipinski definition) is 5. The smallest absolute Gasteiger partial charge is 0.259 e. The first kappa shape index (κ1) is 16.7. The van der Waals surface area contributed by atoms with Crippen molar-refractivity contribution in [3.05, 3.63) is 54.1 Å². The minimum absolute atomic E-state index is 0.0399. The highest BCUT2D eigenvalue weighted by Gasteiger charge is 2.18. The van der Waals surface area contributed by atoms with Crippen LogP contribution in [0.3, 0.4) is 0 Å². The summed E-state index contributed by atoms with van der Waals surface area (Å²) in [5, 5.41) is 6.90. The average Bonchev–Trinajstić information content (AvgIpc) is 3.11. The van der Waals surface area contributed by atoms with E-state index in [1.165, 1.54) is 0 Å². The third-order valence-corrected chi connectivity index (χ3v) is 3.60. The van der Waals surface area contributed by atoms with Crippen molar-refractivity contribution in [2.24, 2.45) is 0 Å². The fraction of sp³-hybridized carbons (Fsp3) is 0.211. The van der Waals surface area contributed by atoms with Crippen LogP contribution in [0.15, 0.2) is 53.1 Å². The molecule has 0 aliphatic heterocycles. The quantitative estimate of drug-likeness (QED) is 0.770. The zero-order valence-corrected chi connectivity index (χ0v) is 14.3. The van der Waals surface area contributed by atoms with Gasteiger partial charge in [-0.1, -0.05) is 17.3 Å². The molecule has 1 N–H and O–H groups in total. The summed E-state index contributed by atoms with van der Waals surface area (Å²) < 4.78 is 10.5. The van der Waals surface area contributed by atoms with E-state index in [0.29, 0.717) is 22.8 Å². The zero-order chi connectivity index (χ0) is 17.8. The number of benzene rings is 2. The number of aromatic nitrogens is 2. The van der Waals surface area contributed by atoms with Crippen molar-refractivity contribution in [2.75, 3.05) is 7.11 Å². The molecule has 25 heavy (non-hydrogen) atoms. The topological polar surface area (TPSA) is 77.2 Å². The predicted molar refractivity (Wildman–Crippen MR) is 94.3 cm³/mol. The molecular formula is C19H19N3O3. The number of hydrogen-bond donors (Lipinski definition) is 1. The number of ether oxygens (including phenoxy) is 1. The molecule has 0 unspecified atom stereocenters. The lowest BCUT2D eigenvalue weighted by atomic mass is 10.1. The van der Waals surface area contributed by atoms with Gasteiger partial charge in [0.05, 0.1) is 18.2 Å².